The largest absolute Gasteiger partial charge is 1.00 e. The molecule has 8 atom stereocenters. The van der Waals surface area contributed by atoms with Crippen LogP contribution in [0.15, 0.2) is 71.2 Å². The molecule has 3 aliphatic rings. The molecule has 2 fully saturated rings. The minimum Gasteiger partial charge on any atom is -0.744 e. The number of amides is 3. The molecule has 3 aromatic rings. The molecule has 0 aliphatic carbocycles. The van der Waals surface area contributed by atoms with E-state index < -0.39 is 134 Å². The average molecular weight is 1160 g/mol. The van der Waals surface area contributed by atoms with E-state index in [1.807, 2.05) is 13.0 Å². The number of aliphatic hydroxyl groups is 1. The summed E-state index contributed by atoms with van der Waals surface area (Å²) in [6, 6.07) is 8.70. The molecular weight excluding hydrogens is 1110 g/mol. The summed E-state index contributed by atoms with van der Waals surface area (Å²) in [5, 5.41) is 24.0. The third-order valence-corrected chi connectivity index (χ3v) is 15.6. The molecule has 19 nitrogen and oxygen atoms in total. The third kappa shape index (κ3) is 13.9. The maximum atomic E-state index is 14.5. The van der Waals surface area contributed by atoms with Crippen LogP contribution in [-0.2, 0) is 49.9 Å². The Morgan fingerprint density at radius 2 is 1.73 bits per heavy atom. The van der Waals surface area contributed by atoms with Gasteiger partial charge in [-0.15, -0.1) is 11.8 Å². The zero-order valence-electron chi connectivity index (χ0n) is 43.5. The Balaban J connectivity index is 0.0000112. The number of nitriles is 1. The fourth-order valence-electron chi connectivity index (χ4n) is 8.73. The predicted octanol–water partition coefficient (Wildman–Crippen LogP) is 3.89. The Hall–Kier alpha value is -5.53. The van der Waals surface area contributed by atoms with Gasteiger partial charge in [-0.1, -0.05) is 54.5 Å². The Kier molecular flexibility index (Phi) is 20.9. The van der Waals surface area contributed by atoms with Gasteiger partial charge in [-0.3, -0.25) is 14.9 Å². The number of benzene rings is 3. The van der Waals surface area contributed by atoms with Gasteiger partial charge in [0.05, 0.1) is 37.0 Å². The summed E-state index contributed by atoms with van der Waals surface area (Å²) < 4.78 is 125. The topological polar surface area (TPSA) is 264 Å². The van der Waals surface area contributed by atoms with E-state index in [9.17, 15) is 64.9 Å². The number of nitrogens with one attached hydrogen (secondary N) is 1. The molecule has 3 heterocycles. The molecule has 3 amide bonds. The molecule has 0 spiro atoms. The van der Waals surface area contributed by atoms with Gasteiger partial charge in [0.2, 0.25) is 29.2 Å². The van der Waals surface area contributed by atoms with Gasteiger partial charge in [-0.05, 0) is 62.6 Å². The van der Waals surface area contributed by atoms with Crippen LogP contribution in [0.25, 0.3) is 4.91 Å². The first kappa shape index (κ1) is 63.3. The van der Waals surface area contributed by atoms with Crippen LogP contribution in [0, 0.1) is 40.5 Å². The molecule has 3 aliphatic heterocycles. The van der Waals surface area contributed by atoms with Crippen LogP contribution in [0.4, 0.5) is 28.0 Å². The van der Waals surface area contributed by atoms with Crippen molar-refractivity contribution in [2.24, 2.45) is 5.92 Å². The Labute approximate surface area is 477 Å². The Morgan fingerprint density at radius 3 is 2.32 bits per heavy atom. The van der Waals surface area contributed by atoms with Crippen LogP contribution in [0.1, 0.15) is 68.4 Å². The second kappa shape index (κ2) is 25.7. The molecule has 0 saturated carbocycles. The molecule has 4 bridgehead atoms. The number of esters is 2. The van der Waals surface area contributed by atoms with Crippen molar-refractivity contribution in [3.8, 4) is 17.6 Å². The second-order valence-corrected chi connectivity index (χ2v) is 21.3. The summed E-state index contributed by atoms with van der Waals surface area (Å²) in [4.78, 5) is 68.1. The number of carbonyl (C=O) groups is 5. The van der Waals surface area contributed by atoms with Gasteiger partial charge in [0.1, 0.15) is 55.7 Å². The van der Waals surface area contributed by atoms with Gasteiger partial charge < -0.3 is 47.9 Å². The predicted molar refractivity (Wildman–Crippen MR) is 267 cm³/mol. The molecule has 78 heavy (non-hydrogen) atoms. The van der Waals surface area contributed by atoms with Gasteiger partial charge in [0.25, 0.3) is 0 Å². The Morgan fingerprint density at radius 1 is 1.10 bits per heavy atom. The number of rotatable bonds is 13. The number of epoxide rings is 1. The van der Waals surface area contributed by atoms with E-state index in [1.165, 1.54) is 52.3 Å². The summed E-state index contributed by atoms with van der Waals surface area (Å²) in [6.07, 6.45) is 0.685. The van der Waals surface area contributed by atoms with Gasteiger partial charge in [0.15, 0.2) is 17.4 Å². The summed E-state index contributed by atoms with van der Waals surface area (Å²) in [5.74, 6) is -16.0. The van der Waals surface area contributed by atoms with Crippen molar-refractivity contribution < 1.29 is 118 Å². The zero-order valence-corrected chi connectivity index (χ0v) is 47.9. The minimum absolute atomic E-state index is 0. The maximum Gasteiger partial charge on any atom is 1.00 e. The number of ether oxygens (including phenoxy) is 6. The number of nitrogens with zero attached hydrogens (tertiary/aromatic N) is 3. The van der Waals surface area contributed by atoms with Crippen LogP contribution >= 0.6 is 23.4 Å². The summed E-state index contributed by atoms with van der Waals surface area (Å²) in [7, 11) is -0.370. The van der Waals surface area contributed by atoms with E-state index in [0.717, 1.165) is 46.0 Å². The van der Waals surface area contributed by atoms with Gasteiger partial charge >= 0.3 is 47.6 Å². The SMILES string of the molecule is COc1cc2cc(c1Cl)N(C)C(=O)C[C@H](OC(=O)[C@H](C)N(C)C(=O)CCS/C(=C\C#N)c1ccc(C(=O)Oc3c(F)c(F)c(S(=O)(=O)[O-])c(F)c3F)cc1)[C@]1(C)O[C@H]1C(C)[C@@H]1C[C@@](O)(NC(=O)O1)[C@H](OC)/C=C/C=C(\C)C2.[Na+]. The van der Waals surface area contributed by atoms with E-state index in [1.54, 1.807) is 44.2 Å². The molecule has 0 aromatic heterocycles. The number of hydrogen-bond donors (Lipinski definition) is 2. The molecule has 27 heteroatoms. The first-order chi connectivity index (χ1) is 36.1. The van der Waals surface area contributed by atoms with Crippen molar-refractivity contribution in [3.05, 3.63) is 111 Å². The molecule has 2 N–H and O–H groups in total. The number of methoxy groups -OCH3 is 2. The number of carbonyl (C=O) groups excluding carboxylic acids is 5. The summed E-state index contributed by atoms with van der Waals surface area (Å²) in [6.45, 7) is 6.60. The van der Waals surface area contributed by atoms with E-state index in [2.05, 4.69) is 10.1 Å². The summed E-state index contributed by atoms with van der Waals surface area (Å²) >= 11 is 7.80. The fourth-order valence-corrected chi connectivity index (χ4v) is 10.6. The van der Waals surface area contributed by atoms with Crippen molar-refractivity contribution >= 4 is 73.9 Å². The number of alkyl carbamates (subject to hydrolysis) is 1. The number of allylic oxidation sites excluding steroid dienone is 4. The van der Waals surface area contributed by atoms with Crippen molar-refractivity contribution in [2.75, 3.05) is 39.0 Å². The monoisotopic (exact) mass is 1160 g/mol. The van der Waals surface area contributed by atoms with Crippen molar-refractivity contribution in [1.29, 1.82) is 5.26 Å². The van der Waals surface area contributed by atoms with Crippen LogP contribution in [0.3, 0.4) is 0 Å². The third-order valence-electron chi connectivity index (χ3n) is 13.3. The molecule has 414 valence electrons. The number of likely N-dealkylation sites (N-methyl/N-ethyl adjacent to an activating group) is 1. The zero-order chi connectivity index (χ0) is 57.1. The van der Waals surface area contributed by atoms with E-state index in [4.69, 9.17) is 35.3 Å². The van der Waals surface area contributed by atoms with Gasteiger partial charge in [-0.2, -0.15) is 14.0 Å². The number of hydrogen-bond acceptors (Lipinski definition) is 17. The number of halogens is 5. The minimum atomic E-state index is -6.02. The molecule has 0 radical (unpaired) electrons. The molecular formula is C51H52ClF4N4NaO15S2. The summed E-state index contributed by atoms with van der Waals surface area (Å²) in [5.41, 5.74) is -1.60. The van der Waals surface area contributed by atoms with Crippen LogP contribution < -0.4 is 49.2 Å². The second-order valence-electron chi connectivity index (χ2n) is 18.5. The van der Waals surface area contributed by atoms with Crippen molar-refractivity contribution in [2.45, 2.75) is 100 Å². The normalized spacial score (nSPS) is 25.1. The first-order valence-corrected chi connectivity index (χ1v) is 26.1. The van der Waals surface area contributed by atoms with E-state index in [0.29, 0.717) is 6.42 Å². The van der Waals surface area contributed by atoms with Crippen molar-refractivity contribution in [1.82, 2.24) is 10.2 Å². The van der Waals surface area contributed by atoms with E-state index in [-0.39, 0.29) is 75.1 Å². The molecule has 2 saturated heterocycles. The first-order valence-electron chi connectivity index (χ1n) is 23.3. The number of anilines is 1. The Bertz CT molecular complexity index is 3080. The molecule has 3 aromatic carbocycles. The molecule has 1 unspecified atom stereocenters. The molecule has 6 rings (SSSR count). The number of thioether (sulfide) groups is 1. The van der Waals surface area contributed by atoms with Crippen LogP contribution in [0.2, 0.25) is 5.02 Å². The maximum absolute atomic E-state index is 14.5. The van der Waals surface area contributed by atoms with Crippen molar-refractivity contribution in [3.63, 3.8) is 0 Å². The van der Waals surface area contributed by atoms with Gasteiger partial charge in [-0.25, -0.2) is 31.6 Å². The van der Waals surface area contributed by atoms with Crippen LogP contribution in [-0.4, -0.2) is 129 Å². The number of fused-ring (bicyclic) bond motifs is 5. The van der Waals surface area contributed by atoms with E-state index >= 15 is 0 Å². The quantitative estimate of drug-likeness (QED) is 0.0359. The average Bonchev–Trinajstić information content (AvgIpc) is 4.24. The standard InChI is InChI=1S/C51H53ClF4N4O15S2.Na/c1-25-10-9-11-35(71-8)51(66)24-33(72-49(65)58-51)26(2)46-50(4,75-46)36(23-38(62)60(6)31-21-28(20-25)22-32(70-7)39(31)52)73-47(63)27(3)59(5)37(61)17-19-76-34(16-18-57)29-12-14-30(15-13-29)48(64)74-44-40(53)42(55)45(77(67,68)69)43(56)41(44)54;/h9-16,21-22,26-27,33,35-36,46,66H,17,19-20,23-24H2,1-8H3,(H,58,65)(H,67,68,69);/q;+1/p-1/b11-9+,25-10+,34-16-;/t26?,27-,33-,35+,36-,46-,50-,51-;/m0./s1. The fraction of sp³-hybridized carbons (Fsp3) is 0.412. The van der Waals surface area contributed by atoms with Crippen LogP contribution in [0.5, 0.6) is 11.5 Å². The smallest absolute Gasteiger partial charge is 0.744 e. The van der Waals surface area contributed by atoms with Gasteiger partial charge in [0, 0.05) is 56.7 Å².